The Balaban J connectivity index is 2.15. The molecule has 0 saturated heterocycles. The summed E-state index contributed by atoms with van der Waals surface area (Å²) in [6.45, 7) is 0. The van der Waals surface area contributed by atoms with Gasteiger partial charge in [0.25, 0.3) is 5.91 Å². The summed E-state index contributed by atoms with van der Waals surface area (Å²) in [5, 5.41) is 6.14. The number of amides is 1. The molecular weight excluding hydrogens is 332 g/mol. The normalized spacial score (nSPS) is 10.1. The van der Waals surface area contributed by atoms with Crippen LogP contribution in [0, 0.1) is 0 Å². The van der Waals surface area contributed by atoms with Crippen LogP contribution in [0.15, 0.2) is 35.1 Å². The molecule has 7 heteroatoms. The van der Waals surface area contributed by atoms with E-state index in [1.54, 1.807) is 25.2 Å². The van der Waals surface area contributed by atoms with Crippen molar-refractivity contribution < 1.29 is 4.79 Å². The molecule has 0 saturated carbocycles. The Kier molecular flexibility index (Phi) is 4.34. The van der Waals surface area contributed by atoms with Gasteiger partial charge in [0, 0.05) is 16.5 Å². The maximum atomic E-state index is 12.0. The summed E-state index contributed by atoms with van der Waals surface area (Å²) in [5.74, 6) is 0.266. The second-order valence-corrected chi connectivity index (χ2v) is 4.91. The molecule has 0 aliphatic heterocycles. The minimum absolute atomic E-state index is 0.237. The number of rotatable bonds is 3. The molecule has 0 radical (unpaired) electrons. The lowest BCUT2D eigenvalue weighted by molar-refractivity contribution is 0.102. The van der Waals surface area contributed by atoms with Crippen molar-refractivity contribution in [2.75, 3.05) is 17.7 Å². The van der Waals surface area contributed by atoms with Crippen molar-refractivity contribution in [2.24, 2.45) is 0 Å². The number of aromatic nitrogens is 2. The van der Waals surface area contributed by atoms with Gasteiger partial charge in [-0.15, -0.1) is 0 Å². The first-order valence-corrected chi connectivity index (χ1v) is 6.53. The summed E-state index contributed by atoms with van der Waals surface area (Å²) in [7, 11) is 1.73. The number of nitrogens with one attached hydrogen (secondary N) is 2. The SMILES string of the molecule is CNc1cnc(C(=O)Nc2ccc(Cl)cc2Br)cn1. The van der Waals surface area contributed by atoms with Crippen LogP contribution in [0.5, 0.6) is 0 Å². The second kappa shape index (κ2) is 5.99. The Hall–Kier alpha value is -1.66. The van der Waals surface area contributed by atoms with Gasteiger partial charge in [0.05, 0.1) is 18.1 Å². The molecule has 19 heavy (non-hydrogen) atoms. The number of halogens is 2. The third-order valence-corrected chi connectivity index (χ3v) is 3.21. The van der Waals surface area contributed by atoms with Crippen molar-refractivity contribution in [3.05, 3.63) is 45.8 Å². The summed E-state index contributed by atoms with van der Waals surface area (Å²) >= 11 is 9.16. The summed E-state index contributed by atoms with van der Waals surface area (Å²) in [5.41, 5.74) is 0.856. The van der Waals surface area contributed by atoms with Crippen LogP contribution in [0.4, 0.5) is 11.5 Å². The summed E-state index contributed by atoms with van der Waals surface area (Å²) < 4.78 is 0.702. The van der Waals surface area contributed by atoms with Gasteiger partial charge in [0.2, 0.25) is 0 Å². The lowest BCUT2D eigenvalue weighted by atomic mass is 10.3. The molecule has 2 N–H and O–H groups in total. The number of hydrogen-bond donors (Lipinski definition) is 2. The molecule has 98 valence electrons. The van der Waals surface area contributed by atoms with E-state index < -0.39 is 0 Å². The quantitative estimate of drug-likeness (QED) is 0.900. The average Bonchev–Trinajstić information content (AvgIpc) is 2.42. The molecule has 1 aromatic heterocycles. The highest BCUT2D eigenvalue weighted by molar-refractivity contribution is 9.10. The van der Waals surface area contributed by atoms with Gasteiger partial charge in [-0.1, -0.05) is 11.6 Å². The predicted molar refractivity (Wildman–Crippen MR) is 78.7 cm³/mol. The molecule has 5 nitrogen and oxygen atoms in total. The maximum Gasteiger partial charge on any atom is 0.275 e. The Morgan fingerprint density at radius 2 is 2.11 bits per heavy atom. The fourth-order valence-corrected chi connectivity index (χ4v) is 2.13. The van der Waals surface area contributed by atoms with Crippen LogP contribution in [0.3, 0.4) is 0 Å². The lowest BCUT2D eigenvalue weighted by Crippen LogP contribution is -2.14. The lowest BCUT2D eigenvalue weighted by Gasteiger charge is -2.07. The molecular formula is C12H10BrClN4O. The minimum atomic E-state index is -0.335. The van der Waals surface area contributed by atoms with Crippen molar-refractivity contribution >= 4 is 44.9 Å². The monoisotopic (exact) mass is 340 g/mol. The average molecular weight is 342 g/mol. The standard InChI is InChI=1S/C12H10BrClN4O/c1-15-11-6-16-10(5-17-11)12(19)18-9-3-2-7(14)4-8(9)13/h2-6H,1H3,(H,15,17)(H,18,19). The molecule has 1 aromatic carbocycles. The molecule has 0 aliphatic rings. The second-order valence-electron chi connectivity index (χ2n) is 3.62. The number of anilines is 2. The first-order valence-electron chi connectivity index (χ1n) is 5.36. The van der Waals surface area contributed by atoms with Crippen molar-refractivity contribution in [3.8, 4) is 0 Å². The Morgan fingerprint density at radius 3 is 2.68 bits per heavy atom. The molecule has 0 spiro atoms. The van der Waals surface area contributed by atoms with E-state index in [1.165, 1.54) is 12.4 Å². The third-order valence-electron chi connectivity index (χ3n) is 2.32. The van der Waals surface area contributed by atoms with Crippen LogP contribution in [0.1, 0.15) is 10.5 Å². The zero-order valence-electron chi connectivity index (χ0n) is 9.95. The van der Waals surface area contributed by atoms with Crippen molar-refractivity contribution in [1.29, 1.82) is 0 Å². The van der Waals surface area contributed by atoms with Crippen LogP contribution < -0.4 is 10.6 Å². The van der Waals surface area contributed by atoms with Gasteiger partial charge in [-0.25, -0.2) is 9.97 Å². The number of carbonyl (C=O) groups is 1. The number of hydrogen-bond acceptors (Lipinski definition) is 4. The van der Waals surface area contributed by atoms with Gasteiger partial charge in [0.15, 0.2) is 0 Å². The molecule has 0 aliphatic carbocycles. The fourth-order valence-electron chi connectivity index (χ4n) is 1.35. The summed E-state index contributed by atoms with van der Waals surface area (Å²) in [6.07, 6.45) is 2.90. The Bertz CT molecular complexity index is 603. The van der Waals surface area contributed by atoms with E-state index in [-0.39, 0.29) is 11.6 Å². The van der Waals surface area contributed by atoms with E-state index in [4.69, 9.17) is 11.6 Å². The van der Waals surface area contributed by atoms with Gasteiger partial charge >= 0.3 is 0 Å². The highest BCUT2D eigenvalue weighted by atomic mass is 79.9. The zero-order valence-corrected chi connectivity index (χ0v) is 12.3. The van der Waals surface area contributed by atoms with Gasteiger partial charge in [-0.3, -0.25) is 4.79 Å². The van der Waals surface area contributed by atoms with Gasteiger partial charge in [-0.2, -0.15) is 0 Å². The molecule has 1 heterocycles. The van der Waals surface area contributed by atoms with Crippen LogP contribution in [0.2, 0.25) is 5.02 Å². The van der Waals surface area contributed by atoms with Gasteiger partial charge < -0.3 is 10.6 Å². The Morgan fingerprint density at radius 1 is 1.32 bits per heavy atom. The van der Waals surface area contributed by atoms with Crippen LogP contribution >= 0.6 is 27.5 Å². The van der Waals surface area contributed by atoms with Gasteiger partial charge in [0.1, 0.15) is 11.5 Å². The van der Waals surface area contributed by atoms with Crippen molar-refractivity contribution in [2.45, 2.75) is 0 Å². The minimum Gasteiger partial charge on any atom is -0.372 e. The van der Waals surface area contributed by atoms with Crippen molar-refractivity contribution in [1.82, 2.24) is 9.97 Å². The number of carbonyl (C=O) groups excluding carboxylic acids is 1. The van der Waals surface area contributed by atoms with Crippen molar-refractivity contribution in [3.63, 3.8) is 0 Å². The van der Waals surface area contributed by atoms with E-state index in [1.807, 2.05) is 0 Å². The Labute approximate surface area is 123 Å². The smallest absolute Gasteiger partial charge is 0.275 e. The highest BCUT2D eigenvalue weighted by Gasteiger charge is 2.10. The van der Waals surface area contributed by atoms with E-state index in [9.17, 15) is 4.79 Å². The van der Waals surface area contributed by atoms with Crippen LogP contribution in [0.25, 0.3) is 0 Å². The zero-order chi connectivity index (χ0) is 13.8. The predicted octanol–water partition coefficient (Wildman–Crippen LogP) is 3.19. The first kappa shape index (κ1) is 13.8. The molecule has 2 rings (SSSR count). The third kappa shape index (κ3) is 3.42. The molecule has 0 unspecified atom stereocenters. The highest BCUT2D eigenvalue weighted by Crippen LogP contribution is 2.26. The topological polar surface area (TPSA) is 66.9 Å². The molecule has 2 aromatic rings. The van der Waals surface area contributed by atoms with E-state index >= 15 is 0 Å². The van der Waals surface area contributed by atoms with E-state index in [0.29, 0.717) is 21.0 Å². The molecule has 0 atom stereocenters. The first-order chi connectivity index (χ1) is 9.10. The van der Waals surface area contributed by atoms with E-state index in [2.05, 4.69) is 36.5 Å². The molecule has 0 bridgehead atoms. The summed E-state index contributed by atoms with van der Waals surface area (Å²) in [4.78, 5) is 20.0. The molecule has 1 amide bonds. The molecule has 0 fully saturated rings. The summed E-state index contributed by atoms with van der Waals surface area (Å²) in [6, 6.07) is 5.10. The van der Waals surface area contributed by atoms with E-state index in [0.717, 1.165) is 0 Å². The maximum absolute atomic E-state index is 12.0. The number of nitrogens with zero attached hydrogens (tertiary/aromatic N) is 2. The van der Waals surface area contributed by atoms with Gasteiger partial charge in [-0.05, 0) is 34.1 Å². The fraction of sp³-hybridized carbons (Fsp3) is 0.0833. The van der Waals surface area contributed by atoms with Crippen LogP contribution in [-0.2, 0) is 0 Å². The van der Waals surface area contributed by atoms with Crippen LogP contribution in [-0.4, -0.2) is 22.9 Å². The number of benzene rings is 1. The largest absolute Gasteiger partial charge is 0.372 e.